The van der Waals surface area contributed by atoms with Gasteiger partial charge in [0.05, 0.1) is 0 Å². The van der Waals surface area contributed by atoms with Gasteiger partial charge in [0.2, 0.25) is 0 Å². The zero-order valence-corrected chi connectivity index (χ0v) is 12.3. The third-order valence-corrected chi connectivity index (χ3v) is 2.95. The van der Waals surface area contributed by atoms with E-state index in [9.17, 15) is 13.2 Å². The molecular weight excluding hydrogens is 267 g/mol. The summed E-state index contributed by atoms with van der Waals surface area (Å²) in [6.45, 7) is 7.74. The number of hydrogen-bond acceptors (Lipinski definition) is 2. The number of ether oxygens (including phenoxy) is 1. The summed E-state index contributed by atoms with van der Waals surface area (Å²) >= 11 is 0. The van der Waals surface area contributed by atoms with Gasteiger partial charge in [0.25, 0.3) is 0 Å². The van der Waals surface area contributed by atoms with E-state index < -0.39 is 6.36 Å². The van der Waals surface area contributed by atoms with Crippen LogP contribution in [0.4, 0.5) is 13.2 Å². The SMILES string of the molecule is C[C@@H](N)CCc1cc(OC(F)(F)F)cc(C(C)(C)C)c1. The Balaban J connectivity index is 3.08. The van der Waals surface area contributed by atoms with Crippen LogP contribution in [0.1, 0.15) is 45.2 Å². The van der Waals surface area contributed by atoms with Crippen molar-refractivity contribution in [2.75, 3.05) is 0 Å². The molecule has 0 spiro atoms. The fraction of sp³-hybridized carbons (Fsp3) is 0.600. The van der Waals surface area contributed by atoms with Crippen LogP contribution in [-0.2, 0) is 11.8 Å². The lowest BCUT2D eigenvalue weighted by Gasteiger charge is -2.22. The second kappa shape index (κ2) is 6.04. The first-order valence-electron chi connectivity index (χ1n) is 6.63. The molecule has 20 heavy (non-hydrogen) atoms. The van der Waals surface area contributed by atoms with E-state index in [0.717, 1.165) is 17.5 Å². The third-order valence-electron chi connectivity index (χ3n) is 2.95. The van der Waals surface area contributed by atoms with Crippen molar-refractivity contribution < 1.29 is 17.9 Å². The van der Waals surface area contributed by atoms with Crippen LogP contribution in [0.5, 0.6) is 5.75 Å². The molecule has 1 atom stereocenters. The van der Waals surface area contributed by atoms with Crippen LogP contribution in [-0.4, -0.2) is 12.4 Å². The van der Waals surface area contributed by atoms with Gasteiger partial charge >= 0.3 is 6.36 Å². The summed E-state index contributed by atoms with van der Waals surface area (Å²) < 4.78 is 41.2. The minimum Gasteiger partial charge on any atom is -0.406 e. The van der Waals surface area contributed by atoms with Gasteiger partial charge in [-0.25, -0.2) is 0 Å². The normalized spacial score (nSPS) is 14.2. The van der Waals surface area contributed by atoms with Gasteiger partial charge in [-0.1, -0.05) is 26.8 Å². The molecule has 0 aliphatic carbocycles. The first-order valence-corrected chi connectivity index (χ1v) is 6.63. The Kier molecular flexibility index (Phi) is 5.08. The van der Waals surface area contributed by atoms with Crippen molar-refractivity contribution in [2.45, 2.75) is 58.4 Å². The van der Waals surface area contributed by atoms with Crippen LogP contribution in [0.25, 0.3) is 0 Å². The average Bonchev–Trinajstić information content (AvgIpc) is 2.22. The van der Waals surface area contributed by atoms with E-state index in [1.54, 1.807) is 0 Å². The molecule has 0 saturated heterocycles. The molecule has 1 aromatic rings. The van der Waals surface area contributed by atoms with Crippen LogP contribution in [0, 0.1) is 0 Å². The fourth-order valence-electron chi connectivity index (χ4n) is 1.82. The number of hydrogen-bond donors (Lipinski definition) is 1. The largest absolute Gasteiger partial charge is 0.573 e. The van der Waals surface area contributed by atoms with Gasteiger partial charge in [-0.15, -0.1) is 13.2 Å². The van der Waals surface area contributed by atoms with Crippen LogP contribution >= 0.6 is 0 Å². The van der Waals surface area contributed by atoms with Gasteiger partial charge in [0, 0.05) is 6.04 Å². The number of halogens is 3. The van der Waals surface area contributed by atoms with E-state index >= 15 is 0 Å². The molecule has 5 heteroatoms. The second-order valence-corrected chi connectivity index (χ2v) is 6.18. The zero-order valence-electron chi connectivity index (χ0n) is 12.3. The Morgan fingerprint density at radius 2 is 1.75 bits per heavy atom. The van der Waals surface area contributed by atoms with E-state index in [1.165, 1.54) is 12.1 Å². The highest BCUT2D eigenvalue weighted by Crippen LogP contribution is 2.31. The maximum Gasteiger partial charge on any atom is 0.573 e. The molecule has 0 bridgehead atoms. The van der Waals surface area contributed by atoms with E-state index in [0.29, 0.717) is 6.42 Å². The highest BCUT2D eigenvalue weighted by molar-refractivity contribution is 5.38. The van der Waals surface area contributed by atoms with Crippen molar-refractivity contribution in [3.63, 3.8) is 0 Å². The first kappa shape index (κ1) is 16.8. The van der Waals surface area contributed by atoms with Gasteiger partial charge < -0.3 is 10.5 Å². The molecule has 0 saturated carbocycles. The summed E-state index contributed by atoms with van der Waals surface area (Å²) in [4.78, 5) is 0. The number of nitrogens with two attached hydrogens (primary N) is 1. The van der Waals surface area contributed by atoms with E-state index in [1.807, 2.05) is 33.8 Å². The molecule has 0 heterocycles. The Morgan fingerprint density at radius 3 is 2.20 bits per heavy atom. The molecule has 0 radical (unpaired) electrons. The quantitative estimate of drug-likeness (QED) is 0.903. The summed E-state index contributed by atoms with van der Waals surface area (Å²) in [5.41, 5.74) is 7.08. The Labute approximate surface area is 118 Å². The van der Waals surface area contributed by atoms with E-state index in [4.69, 9.17) is 5.73 Å². The van der Waals surface area contributed by atoms with Crippen molar-refractivity contribution >= 4 is 0 Å². The topological polar surface area (TPSA) is 35.2 Å². The summed E-state index contributed by atoms with van der Waals surface area (Å²) in [5, 5.41) is 0. The van der Waals surface area contributed by atoms with Crippen molar-refractivity contribution in [1.29, 1.82) is 0 Å². The van der Waals surface area contributed by atoms with Crippen LogP contribution in [0.2, 0.25) is 0 Å². The van der Waals surface area contributed by atoms with Gasteiger partial charge in [0.1, 0.15) is 5.75 Å². The van der Waals surface area contributed by atoms with E-state index in [2.05, 4.69) is 4.74 Å². The summed E-state index contributed by atoms with van der Waals surface area (Å²) in [7, 11) is 0. The van der Waals surface area contributed by atoms with Crippen molar-refractivity contribution in [2.24, 2.45) is 5.73 Å². The molecule has 2 nitrogen and oxygen atoms in total. The lowest BCUT2D eigenvalue weighted by molar-refractivity contribution is -0.274. The lowest BCUT2D eigenvalue weighted by atomic mass is 9.85. The molecular formula is C15H22F3NO. The number of aryl methyl sites for hydroxylation is 1. The molecule has 0 aromatic heterocycles. The highest BCUT2D eigenvalue weighted by Gasteiger charge is 2.31. The summed E-state index contributed by atoms with van der Waals surface area (Å²) in [6.07, 6.45) is -3.32. The highest BCUT2D eigenvalue weighted by atomic mass is 19.4. The minimum atomic E-state index is -4.67. The second-order valence-electron chi connectivity index (χ2n) is 6.18. The van der Waals surface area contributed by atoms with Crippen LogP contribution < -0.4 is 10.5 Å². The molecule has 1 rings (SSSR count). The maximum atomic E-state index is 12.4. The molecule has 0 aliphatic rings. The van der Waals surface area contributed by atoms with Crippen molar-refractivity contribution in [3.05, 3.63) is 29.3 Å². The third kappa shape index (κ3) is 5.82. The van der Waals surface area contributed by atoms with Crippen LogP contribution in [0.3, 0.4) is 0 Å². The number of rotatable bonds is 4. The predicted molar refractivity (Wildman–Crippen MR) is 73.8 cm³/mol. The maximum absolute atomic E-state index is 12.4. The Morgan fingerprint density at radius 1 is 1.15 bits per heavy atom. The summed E-state index contributed by atoms with van der Waals surface area (Å²) in [6, 6.07) is 4.82. The van der Waals surface area contributed by atoms with Crippen molar-refractivity contribution in [1.82, 2.24) is 0 Å². The molecule has 0 aliphatic heterocycles. The zero-order chi connectivity index (χ0) is 15.6. The lowest BCUT2D eigenvalue weighted by Crippen LogP contribution is -2.19. The standard InChI is InChI=1S/C15H22F3NO/c1-10(19)5-6-11-7-12(14(2,3)4)9-13(8-11)20-15(16,17)18/h7-10H,5-6,19H2,1-4H3/t10-/m1/s1. The Hall–Kier alpha value is -1.23. The number of benzene rings is 1. The first-order chi connectivity index (χ1) is 8.97. The monoisotopic (exact) mass is 289 g/mol. The molecule has 114 valence electrons. The van der Waals surface area contributed by atoms with Gasteiger partial charge in [0.15, 0.2) is 0 Å². The summed E-state index contributed by atoms with van der Waals surface area (Å²) in [5.74, 6) is -0.162. The van der Waals surface area contributed by atoms with Gasteiger partial charge in [-0.3, -0.25) is 0 Å². The van der Waals surface area contributed by atoms with Crippen molar-refractivity contribution in [3.8, 4) is 5.75 Å². The van der Waals surface area contributed by atoms with Gasteiger partial charge in [-0.05, 0) is 48.4 Å². The number of alkyl halides is 3. The van der Waals surface area contributed by atoms with Gasteiger partial charge in [-0.2, -0.15) is 0 Å². The smallest absolute Gasteiger partial charge is 0.406 e. The predicted octanol–water partition coefficient (Wildman–Crippen LogP) is 4.16. The molecule has 0 unspecified atom stereocenters. The average molecular weight is 289 g/mol. The molecule has 1 aromatic carbocycles. The molecule has 0 fully saturated rings. The fourth-order valence-corrected chi connectivity index (χ4v) is 1.82. The minimum absolute atomic E-state index is 0.0141. The molecule has 2 N–H and O–H groups in total. The van der Waals surface area contributed by atoms with E-state index in [-0.39, 0.29) is 17.2 Å². The van der Waals surface area contributed by atoms with Crippen LogP contribution in [0.15, 0.2) is 18.2 Å². The Bertz CT molecular complexity index is 447. The molecule has 0 amide bonds.